The molecule has 1 aliphatic rings. The highest BCUT2D eigenvalue weighted by Gasteiger charge is 2.40. The monoisotopic (exact) mass is 1460 g/mol. The average Bonchev–Trinajstić information content (AvgIpc) is 1.57. The first-order chi connectivity index (χ1) is 49.4. The number of unbranched alkanes of at least 4 members (excludes halogenated alkanes) is 1. The summed E-state index contributed by atoms with van der Waals surface area (Å²) in [5, 5.41) is 67.7. The number of ether oxygens (including phenoxy) is 1. The molecule has 14 N–H and O–H groups in total. The fraction of sp³-hybridized carbons (Fsp3) is 0.382. The summed E-state index contributed by atoms with van der Waals surface area (Å²) in [4.78, 5) is 133. The number of aliphatic hydroxyl groups excluding tert-OH is 2. The number of carbonyl (C=O) groups excluding carboxylic acids is 8. The number of carboxylic acids is 1. The van der Waals surface area contributed by atoms with Crippen molar-refractivity contribution in [2.24, 2.45) is 0 Å². The van der Waals surface area contributed by atoms with Crippen molar-refractivity contribution >= 4 is 97.7 Å². The number of alkyl carbamates (subject to hydrolysis) is 1. The van der Waals surface area contributed by atoms with E-state index >= 15 is 19.2 Å². The van der Waals surface area contributed by atoms with E-state index < -0.39 is 124 Å². The van der Waals surface area contributed by atoms with Crippen LogP contribution in [0, 0.1) is 0 Å². The number of aliphatic carboxylic acids is 1. The van der Waals surface area contributed by atoms with Crippen molar-refractivity contribution in [3.05, 3.63) is 209 Å². The SMILES string of the molecule is C[C@@H](O)[C@H](NC(=O)[C@@H]1CSSC[C@H](NC(=O)[C@@H](Cc2ccccc2)NCCCSC(c2ccccc2)(c2ccccc2)c2ccccc2)C(=O)N[C@@H](Cc2ccc(O)cc2)C(=O)N[C@H](Cc2c[nH]c3ccccc23)C(=O)N[C@@H](CCCCNC(=O)OC(C)(C)C)C(=O)N[C@@H]([C@@H](C)O)C(=O)N1)C(=O)O. The van der Waals surface area contributed by atoms with Crippen molar-refractivity contribution in [3.63, 3.8) is 0 Å². The maximum Gasteiger partial charge on any atom is 0.407 e. The van der Waals surface area contributed by atoms with Crippen LogP contribution in [-0.4, -0.2) is 175 Å². The molecule has 10 atom stereocenters. The fourth-order valence-electron chi connectivity index (χ4n) is 11.8. The van der Waals surface area contributed by atoms with E-state index in [2.05, 4.69) is 89.2 Å². The van der Waals surface area contributed by atoms with Crippen LogP contribution < -0.4 is 47.9 Å². The van der Waals surface area contributed by atoms with Crippen LogP contribution in [0.3, 0.4) is 0 Å². The number of carbonyl (C=O) groups is 9. The Kier molecular flexibility index (Phi) is 29.9. The second-order valence-electron chi connectivity index (χ2n) is 26.2. The lowest BCUT2D eigenvalue weighted by Crippen LogP contribution is -2.62. The molecule has 8 rings (SSSR count). The third-order valence-electron chi connectivity index (χ3n) is 17.1. The Labute approximate surface area is 611 Å². The molecule has 2 heterocycles. The van der Waals surface area contributed by atoms with Crippen molar-refractivity contribution in [1.82, 2.24) is 52.8 Å². The number of amides is 8. The van der Waals surface area contributed by atoms with E-state index in [4.69, 9.17) is 4.74 Å². The van der Waals surface area contributed by atoms with E-state index in [0.29, 0.717) is 40.7 Å². The predicted octanol–water partition coefficient (Wildman–Crippen LogP) is 6.30. The van der Waals surface area contributed by atoms with Gasteiger partial charge >= 0.3 is 12.1 Å². The standard InChI is InChI=1S/C76H92N10O14S3/c1-47(87)64-72(96)84-63(71(95)86-65(48(2)88)73(97)98)46-103-102-45-62(83-67(91)59(41-49-23-10-6-11-24-49)77-39-22-40-101-76(52-25-12-7-13-26-52,53-27-14-8-15-28-53)54-29-16-9-17-30-54)70(94)81-60(42-50-34-36-55(89)37-35-50)68(92)82-61(43-51-44-79-57-32-19-18-31-56(51)57)69(93)80-58(66(90)85-64)33-20-21-38-78-74(99)100-75(3,4)5/h6-19,23-32,34-37,44,47-48,58-65,77,79,87-89H,20-22,33,38-43,45-46H2,1-5H3,(H,78,99)(H,80,93)(H,81,94)(H,82,92)(H,83,91)(H,84,96)(H,85,90)(H,86,95)(H,97,98)/t47-,48-,58+,59-,60+,61-,62+,63+,64+,65+/m1/s1. The molecule has 1 fully saturated rings. The van der Waals surface area contributed by atoms with Crippen LogP contribution >= 0.6 is 33.3 Å². The number of H-pyrrole nitrogens is 1. The van der Waals surface area contributed by atoms with Crippen LogP contribution in [-0.2, 0) is 67.1 Å². The first-order valence-corrected chi connectivity index (χ1v) is 37.7. The molecule has 0 spiro atoms. The smallest absolute Gasteiger partial charge is 0.407 e. The van der Waals surface area contributed by atoms with Crippen LogP contribution in [0.4, 0.5) is 4.79 Å². The Morgan fingerprint density at radius 2 is 1.17 bits per heavy atom. The molecule has 7 aromatic rings. The Morgan fingerprint density at radius 3 is 1.76 bits per heavy atom. The normalized spacial score (nSPS) is 19.5. The van der Waals surface area contributed by atoms with Crippen LogP contribution in [0.2, 0.25) is 0 Å². The third-order valence-corrected chi connectivity index (χ3v) is 21.1. The van der Waals surface area contributed by atoms with E-state index in [1.54, 1.807) is 56.9 Å². The van der Waals surface area contributed by atoms with Crippen molar-refractivity contribution in [2.75, 3.05) is 30.3 Å². The number of phenolic OH excluding ortho intramolecular Hbond substituents is 1. The number of thioether (sulfide) groups is 1. The lowest BCUT2D eigenvalue weighted by molar-refractivity contribution is -0.145. The number of hydrogen-bond acceptors (Lipinski definition) is 17. The number of carboxylic acid groups (broad SMARTS) is 1. The summed E-state index contributed by atoms with van der Waals surface area (Å²) >= 11 is 1.76. The highest BCUT2D eigenvalue weighted by molar-refractivity contribution is 8.76. The molecular formula is C76H92N10O14S3. The van der Waals surface area contributed by atoms with Gasteiger partial charge in [0.15, 0.2) is 6.04 Å². The molecule has 24 nitrogen and oxygen atoms in total. The third kappa shape index (κ3) is 23.6. The molecule has 0 unspecified atom stereocenters. The quantitative estimate of drug-likeness (QED) is 0.0152. The minimum Gasteiger partial charge on any atom is -0.508 e. The number of aliphatic hydroxyl groups is 2. The second kappa shape index (κ2) is 38.8. The summed E-state index contributed by atoms with van der Waals surface area (Å²) in [6.45, 7) is 7.86. The van der Waals surface area contributed by atoms with Gasteiger partial charge in [-0.3, -0.25) is 33.6 Å². The van der Waals surface area contributed by atoms with Crippen LogP contribution in [0.25, 0.3) is 10.9 Å². The summed E-state index contributed by atoms with van der Waals surface area (Å²) in [5.41, 5.74) is 4.99. The second-order valence-corrected chi connectivity index (χ2v) is 30.1. The molecule has 103 heavy (non-hydrogen) atoms. The van der Waals surface area contributed by atoms with E-state index in [9.17, 15) is 44.4 Å². The molecule has 0 radical (unpaired) electrons. The predicted molar refractivity (Wildman–Crippen MR) is 400 cm³/mol. The number of fused-ring (bicyclic) bond motifs is 1. The number of aromatic nitrogens is 1. The summed E-state index contributed by atoms with van der Waals surface area (Å²) in [6, 6.07) is 40.9. The lowest BCUT2D eigenvalue weighted by atomic mass is 9.84. The van der Waals surface area contributed by atoms with Crippen LogP contribution in [0.15, 0.2) is 176 Å². The molecule has 0 saturated carbocycles. The van der Waals surface area contributed by atoms with Gasteiger partial charge in [-0.15, -0.1) is 11.8 Å². The molecule has 0 aliphatic carbocycles. The van der Waals surface area contributed by atoms with Gasteiger partial charge in [0.2, 0.25) is 41.4 Å². The van der Waals surface area contributed by atoms with Crippen LogP contribution in [0.5, 0.6) is 5.75 Å². The molecule has 1 saturated heterocycles. The lowest BCUT2D eigenvalue weighted by Gasteiger charge is -2.35. The molecule has 548 valence electrons. The Bertz CT molecular complexity index is 3850. The molecule has 27 heteroatoms. The molecule has 1 aromatic heterocycles. The van der Waals surface area contributed by atoms with Gasteiger partial charge in [-0.25, -0.2) is 9.59 Å². The first-order valence-electron chi connectivity index (χ1n) is 34.2. The number of nitrogens with one attached hydrogen (secondary N) is 10. The summed E-state index contributed by atoms with van der Waals surface area (Å²) in [6.07, 6.45) is -1.72. The van der Waals surface area contributed by atoms with Gasteiger partial charge in [-0.2, -0.15) is 0 Å². The maximum atomic E-state index is 15.4. The minimum absolute atomic E-state index is 0.0814. The van der Waals surface area contributed by atoms with Gasteiger partial charge in [0.25, 0.3) is 0 Å². The number of hydrogen-bond donors (Lipinski definition) is 14. The van der Waals surface area contributed by atoms with E-state index in [-0.39, 0.29) is 62.3 Å². The van der Waals surface area contributed by atoms with Crippen molar-refractivity contribution in [2.45, 2.75) is 150 Å². The number of benzene rings is 6. The highest BCUT2D eigenvalue weighted by Crippen LogP contribution is 2.48. The zero-order valence-electron chi connectivity index (χ0n) is 58.1. The molecule has 6 aromatic carbocycles. The molecule has 0 bridgehead atoms. The van der Waals surface area contributed by atoms with Crippen LogP contribution in [0.1, 0.15) is 93.7 Å². The van der Waals surface area contributed by atoms with Crippen molar-refractivity contribution < 1.29 is 68.3 Å². The summed E-state index contributed by atoms with van der Waals surface area (Å²) < 4.78 is 4.76. The van der Waals surface area contributed by atoms with Gasteiger partial charge in [-0.05, 0) is 131 Å². The number of phenols is 1. The zero-order valence-corrected chi connectivity index (χ0v) is 60.5. The first kappa shape index (κ1) is 79.3. The zero-order chi connectivity index (χ0) is 74.1. The Hall–Kier alpha value is -9.38. The number of para-hydroxylation sites is 1. The summed E-state index contributed by atoms with van der Waals surface area (Å²) in [5.74, 6) is -8.13. The number of rotatable bonds is 27. The Balaban J connectivity index is 1.14. The van der Waals surface area contributed by atoms with Gasteiger partial charge in [0.1, 0.15) is 47.6 Å². The minimum atomic E-state index is -1.86. The largest absolute Gasteiger partial charge is 0.508 e. The number of aromatic amines is 1. The number of aromatic hydroxyl groups is 1. The summed E-state index contributed by atoms with van der Waals surface area (Å²) in [7, 11) is 1.89. The van der Waals surface area contributed by atoms with Gasteiger partial charge in [-0.1, -0.05) is 173 Å². The molecule has 1 aliphatic heterocycles. The van der Waals surface area contributed by atoms with Crippen molar-refractivity contribution in [3.8, 4) is 5.75 Å². The van der Waals surface area contributed by atoms with Gasteiger partial charge in [0, 0.05) is 48.0 Å². The fourth-order valence-corrected chi connectivity index (χ4v) is 15.6. The maximum absolute atomic E-state index is 15.4. The van der Waals surface area contributed by atoms with E-state index in [1.165, 1.54) is 19.1 Å². The van der Waals surface area contributed by atoms with Gasteiger partial charge in [0.05, 0.1) is 23.0 Å². The van der Waals surface area contributed by atoms with E-state index in [1.807, 2.05) is 103 Å². The van der Waals surface area contributed by atoms with Gasteiger partial charge < -0.3 is 78.0 Å². The van der Waals surface area contributed by atoms with E-state index in [0.717, 1.165) is 50.8 Å². The average molecular weight is 1470 g/mol. The van der Waals surface area contributed by atoms with Crippen molar-refractivity contribution in [1.29, 1.82) is 0 Å². The Morgan fingerprint density at radius 1 is 0.612 bits per heavy atom. The highest BCUT2D eigenvalue weighted by atomic mass is 33.1. The topological polar surface area (TPSA) is 368 Å². The molecular weight excluding hydrogens is 1370 g/mol. The molecule has 8 amide bonds.